The highest BCUT2D eigenvalue weighted by Gasteiger charge is 2.19. The maximum Gasteiger partial charge on any atom is 0.306 e. The first-order valence-electron chi connectivity index (χ1n) is 33.2. The molecular formula is C72H124O6. The Morgan fingerprint density at radius 1 is 0.269 bits per heavy atom. The van der Waals surface area contributed by atoms with Crippen LogP contribution in [0.3, 0.4) is 0 Å². The number of esters is 3. The highest BCUT2D eigenvalue weighted by atomic mass is 16.6. The molecule has 0 aromatic carbocycles. The van der Waals surface area contributed by atoms with Crippen molar-refractivity contribution in [2.75, 3.05) is 13.2 Å². The first kappa shape index (κ1) is 74.3. The van der Waals surface area contributed by atoms with E-state index in [0.717, 1.165) is 116 Å². The Hall–Kier alpha value is -3.67. The molecule has 0 aliphatic carbocycles. The zero-order valence-corrected chi connectivity index (χ0v) is 51.4. The van der Waals surface area contributed by atoms with Gasteiger partial charge in [-0.25, -0.2) is 0 Å². The summed E-state index contributed by atoms with van der Waals surface area (Å²) in [5, 5.41) is 0. The predicted molar refractivity (Wildman–Crippen MR) is 339 cm³/mol. The topological polar surface area (TPSA) is 78.9 Å². The van der Waals surface area contributed by atoms with Crippen LogP contribution in [0, 0.1) is 0 Å². The molecule has 1 atom stereocenters. The van der Waals surface area contributed by atoms with E-state index >= 15 is 0 Å². The molecule has 0 saturated heterocycles. The summed E-state index contributed by atoms with van der Waals surface area (Å²) in [5.41, 5.74) is 0. The van der Waals surface area contributed by atoms with Crippen molar-refractivity contribution in [2.24, 2.45) is 0 Å². The molecule has 6 nitrogen and oxygen atoms in total. The normalized spacial score (nSPS) is 12.7. The second kappa shape index (κ2) is 65.8. The van der Waals surface area contributed by atoms with Crippen LogP contribution in [0.25, 0.3) is 0 Å². The van der Waals surface area contributed by atoms with E-state index in [4.69, 9.17) is 14.2 Å². The molecule has 0 saturated carbocycles. The van der Waals surface area contributed by atoms with Gasteiger partial charge in [0.25, 0.3) is 0 Å². The maximum absolute atomic E-state index is 12.9. The van der Waals surface area contributed by atoms with Gasteiger partial charge in [-0.2, -0.15) is 0 Å². The van der Waals surface area contributed by atoms with Crippen molar-refractivity contribution in [2.45, 2.75) is 329 Å². The van der Waals surface area contributed by atoms with Crippen LogP contribution in [-0.2, 0) is 28.6 Å². The Morgan fingerprint density at radius 2 is 0.500 bits per heavy atom. The molecule has 0 amide bonds. The van der Waals surface area contributed by atoms with Gasteiger partial charge < -0.3 is 14.2 Å². The number of carbonyl (C=O) groups excluding carboxylic acids is 3. The first-order chi connectivity index (χ1) is 38.5. The number of hydrogen-bond acceptors (Lipinski definition) is 6. The Labute approximate surface area is 483 Å². The summed E-state index contributed by atoms with van der Waals surface area (Å²) in [6.45, 7) is 6.51. The van der Waals surface area contributed by atoms with Crippen LogP contribution in [0.2, 0.25) is 0 Å². The van der Waals surface area contributed by atoms with Crippen molar-refractivity contribution in [1.82, 2.24) is 0 Å². The van der Waals surface area contributed by atoms with Crippen molar-refractivity contribution in [3.8, 4) is 0 Å². The van der Waals surface area contributed by atoms with Gasteiger partial charge in [-0.05, 0) is 122 Å². The minimum atomic E-state index is -0.791. The summed E-state index contributed by atoms with van der Waals surface area (Å²) in [5.74, 6) is -0.898. The molecule has 0 radical (unpaired) electrons. The minimum Gasteiger partial charge on any atom is -0.462 e. The van der Waals surface area contributed by atoms with E-state index in [9.17, 15) is 14.4 Å². The highest BCUT2D eigenvalue weighted by Crippen LogP contribution is 2.16. The zero-order chi connectivity index (χ0) is 56.4. The Bertz CT molecular complexity index is 1530. The monoisotopic (exact) mass is 1080 g/mol. The van der Waals surface area contributed by atoms with E-state index in [0.29, 0.717) is 19.3 Å². The van der Waals surface area contributed by atoms with E-state index in [1.807, 2.05) is 0 Å². The van der Waals surface area contributed by atoms with Crippen LogP contribution in [0.1, 0.15) is 323 Å². The molecule has 78 heavy (non-hydrogen) atoms. The molecular weight excluding hydrogens is 961 g/mol. The van der Waals surface area contributed by atoms with Crippen LogP contribution in [0.4, 0.5) is 0 Å². The zero-order valence-electron chi connectivity index (χ0n) is 51.4. The van der Waals surface area contributed by atoms with Crippen LogP contribution < -0.4 is 0 Å². The number of ether oxygens (including phenoxy) is 3. The van der Waals surface area contributed by atoms with Gasteiger partial charge in [-0.15, -0.1) is 0 Å². The average molecular weight is 1090 g/mol. The molecule has 0 spiro atoms. The van der Waals surface area contributed by atoms with Crippen molar-refractivity contribution < 1.29 is 28.6 Å². The fraction of sp³-hybridized carbons (Fsp3) is 0.736. The van der Waals surface area contributed by atoms with E-state index in [1.165, 1.54) is 167 Å². The van der Waals surface area contributed by atoms with E-state index < -0.39 is 6.10 Å². The maximum atomic E-state index is 12.9. The summed E-state index contributed by atoms with van der Waals surface area (Å²) in [6, 6.07) is 0. The largest absolute Gasteiger partial charge is 0.462 e. The van der Waals surface area contributed by atoms with Gasteiger partial charge in [0.2, 0.25) is 0 Å². The van der Waals surface area contributed by atoms with Crippen molar-refractivity contribution in [3.05, 3.63) is 97.2 Å². The summed E-state index contributed by atoms with van der Waals surface area (Å²) in [4.78, 5) is 38.4. The van der Waals surface area contributed by atoms with E-state index in [2.05, 4.69) is 118 Å². The molecule has 6 heteroatoms. The average Bonchev–Trinajstić information content (AvgIpc) is 3.44. The number of unbranched alkanes of at least 4 members (excludes halogenated alkanes) is 33. The molecule has 448 valence electrons. The number of carbonyl (C=O) groups is 3. The summed E-state index contributed by atoms with van der Waals surface area (Å²) >= 11 is 0. The molecule has 0 aliphatic heterocycles. The minimum absolute atomic E-state index is 0.0857. The van der Waals surface area contributed by atoms with Crippen LogP contribution >= 0.6 is 0 Å². The first-order valence-corrected chi connectivity index (χ1v) is 33.2. The van der Waals surface area contributed by atoms with Crippen molar-refractivity contribution >= 4 is 17.9 Å². The molecule has 0 fully saturated rings. The highest BCUT2D eigenvalue weighted by molar-refractivity contribution is 5.71. The summed E-state index contributed by atoms with van der Waals surface area (Å²) in [7, 11) is 0. The van der Waals surface area contributed by atoms with Gasteiger partial charge in [-0.1, -0.05) is 279 Å². The molecule has 1 unspecified atom stereocenters. The number of rotatable bonds is 60. The lowest BCUT2D eigenvalue weighted by Gasteiger charge is -2.18. The molecule has 0 rings (SSSR count). The number of hydrogen-bond donors (Lipinski definition) is 0. The van der Waals surface area contributed by atoms with Gasteiger partial charge >= 0.3 is 17.9 Å². The van der Waals surface area contributed by atoms with E-state index in [-0.39, 0.29) is 31.1 Å². The molecule has 0 aromatic rings. The lowest BCUT2D eigenvalue weighted by molar-refractivity contribution is -0.167. The van der Waals surface area contributed by atoms with Crippen molar-refractivity contribution in [1.29, 1.82) is 0 Å². The molecule has 0 heterocycles. The summed E-state index contributed by atoms with van der Waals surface area (Å²) < 4.78 is 17.0. The quantitative estimate of drug-likeness (QED) is 0.0261. The van der Waals surface area contributed by atoms with Crippen LogP contribution in [0.15, 0.2) is 97.2 Å². The third kappa shape index (κ3) is 63.2. The van der Waals surface area contributed by atoms with E-state index in [1.54, 1.807) is 0 Å². The number of allylic oxidation sites excluding steroid dienone is 16. The Balaban J connectivity index is 4.39. The van der Waals surface area contributed by atoms with Gasteiger partial charge in [-0.3, -0.25) is 14.4 Å². The van der Waals surface area contributed by atoms with Crippen LogP contribution in [-0.4, -0.2) is 37.2 Å². The third-order valence-electron chi connectivity index (χ3n) is 14.3. The second-order valence-electron chi connectivity index (χ2n) is 22.0. The molecule has 0 N–H and O–H groups in total. The Kier molecular flexibility index (Phi) is 62.7. The predicted octanol–water partition coefficient (Wildman–Crippen LogP) is 22.8. The summed E-state index contributed by atoms with van der Waals surface area (Å²) in [6.07, 6.45) is 88.4. The standard InChI is InChI=1S/C72H124O6/c1-4-7-10-13-16-19-22-25-28-31-33-35-36-38-39-41-44-47-50-53-56-59-62-65-71(74)77-68-69(67-76-70(73)64-61-58-55-52-49-46-43-30-27-24-21-18-15-12-9-6-3)78-72(75)66-63-60-57-54-51-48-45-42-40-37-34-32-29-26-23-20-17-14-11-8-5-2/h8,11,17,20-22,24-26,29-31,33-34,37,43,69H,4-7,9-10,12-16,18-19,23,27-28,32,35-36,38-42,44-68H2,1-3H3/b11-8-,20-17-,24-21-,25-22-,29-26-,33-31-,37-34-,43-30-. The third-order valence-corrected chi connectivity index (χ3v) is 14.3. The lowest BCUT2D eigenvalue weighted by atomic mass is 10.0. The fourth-order valence-corrected chi connectivity index (χ4v) is 9.32. The van der Waals surface area contributed by atoms with Gasteiger partial charge in [0.05, 0.1) is 0 Å². The van der Waals surface area contributed by atoms with Gasteiger partial charge in [0.1, 0.15) is 13.2 Å². The Morgan fingerprint density at radius 3 is 0.795 bits per heavy atom. The molecule has 0 aliphatic rings. The smallest absolute Gasteiger partial charge is 0.306 e. The van der Waals surface area contributed by atoms with Gasteiger partial charge in [0, 0.05) is 19.3 Å². The molecule has 0 bridgehead atoms. The second-order valence-corrected chi connectivity index (χ2v) is 22.0. The fourth-order valence-electron chi connectivity index (χ4n) is 9.32. The molecule has 0 aromatic heterocycles. The van der Waals surface area contributed by atoms with Crippen molar-refractivity contribution in [3.63, 3.8) is 0 Å². The van der Waals surface area contributed by atoms with Crippen LogP contribution in [0.5, 0.6) is 0 Å². The lowest BCUT2D eigenvalue weighted by Crippen LogP contribution is -2.30. The van der Waals surface area contributed by atoms with Gasteiger partial charge in [0.15, 0.2) is 6.10 Å². The SMILES string of the molecule is CC/C=C\C/C=C\C/C=C\C/C=C\CCCCCCCCCCC(=O)OC(COC(=O)CCCCCCC/C=C\C/C=C\CCCCCC)COC(=O)CCCCCCCCCCCCC/C=C\C/C=C\CCCCCCC.